The second-order valence-corrected chi connectivity index (χ2v) is 3.17. The molecule has 0 atom stereocenters. The summed E-state index contributed by atoms with van der Waals surface area (Å²) >= 11 is 5.81. The number of halogens is 1. The highest BCUT2D eigenvalue weighted by molar-refractivity contribution is 6.30. The Morgan fingerprint density at radius 2 is 2.25 bits per heavy atom. The molecule has 1 aliphatic rings. The first-order valence-electron chi connectivity index (χ1n) is 3.70. The van der Waals surface area contributed by atoms with Crippen LogP contribution in [-0.4, -0.2) is 0 Å². The first-order valence-corrected chi connectivity index (χ1v) is 4.08. The Kier molecular flexibility index (Phi) is 1.64. The van der Waals surface area contributed by atoms with Crippen LogP contribution in [0.5, 0.6) is 0 Å². The van der Waals surface area contributed by atoms with Gasteiger partial charge < -0.3 is 0 Å². The van der Waals surface area contributed by atoms with Crippen LogP contribution < -0.4 is 0 Å². The van der Waals surface area contributed by atoms with Gasteiger partial charge in [0.1, 0.15) is 0 Å². The smallest absolute Gasteiger partial charge is 0.0994 e. The van der Waals surface area contributed by atoms with Crippen molar-refractivity contribution in [3.63, 3.8) is 0 Å². The third kappa shape index (κ3) is 1.01. The molecule has 0 heterocycles. The van der Waals surface area contributed by atoms with Crippen LogP contribution in [-0.2, 0) is 6.42 Å². The van der Waals surface area contributed by atoms with Crippen molar-refractivity contribution >= 4 is 17.2 Å². The predicted molar refractivity (Wildman–Crippen MR) is 48.7 cm³/mol. The third-order valence-electron chi connectivity index (χ3n) is 2.00. The average Bonchev–Trinajstić information content (AvgIpc) is 2.46. The van der Waals surface area contributed by atoms with E-state index < -0.39 is 0 Å². The zero-order chi connectivity index (χ0) is 8.55. The summed E-state index contributed by atoms with van der Waals surface area (Å²) in [5.74, 6) is 0. The van der Waals surface area contributed by atoms with Gasteiger partial charge in [-0.3, -0.25) is 0 Å². The van der Waals surface area contributed by atoms with E-state index in [0.29, 0.717) is 0 Å². The molecule has 0 aromatic heterocycles. The molecule has 2 rings (SSSR count). The van der Waals surface area contributed by atoms with Crippen LogP contribution in [0.2, 0.25) is 5.02 Å². The first-order chi connectivity index (χ1) is 5.81. The lowest BCUT2D eigenvalue weighted by Crippen LogP contribution is -1.82. The van der Waals surface area contributed by atoms with Crippen LogP contribution in [0.15, 0.2) is 24.3 Å². The van der Waals surface area contributed by atoms with Crippen molar-refractivity contribution < 1.29 is 0 Å². The molecule has 12 heavy (non-hydrogen) atoms. The summed E-state index contributed by atoms with van der Waals surface area (Å²) in [6.45, 7) is 0. The Morgan fingerprint density at radius 1 is 1.42 bits per heavy atom. The van der Waals surface area contributed by atoms with Gasteiger partial charge in [0.05, 0.1) is 11.6 Å². The number of hydrogen-bond donors (Lipinski definition) is 0. The Labute approximate surface area is 75.9 Å². The normalized spacial score (nSPS) is 13.5. The Hall–Kier alpha value is -1.26. The number of nitriles is 1. The molecule has 0 saturated heterocycles. The fourth-order valence-corrected chi connectivity index (χ4v) is 1.62. The molecule has 1 aromatic rings. The van der Waals surface area contributed by atoms with Crippen molar-refractivity contribution in [2.24, 2.45) is 0 Å². The largest absolute Gasteiger partial charge is 0.192 e. The molecule has 0 amide bonds. The minimum Gasteiger partial charge on any atom is -0.192 e. The lowest BCUT2D eigenvalue weighted by atomic mass is 10.1. The third-order valence-corrected chi connectivity index (χ3v) is 2.24. The molecular formula is C10H6ClN. The molecule has 58 valence electrons. The molecule has 0 bridgehead atoms. The van der Waals surface area contributed by atoms with Crippen LogP contribution in [0.3, 0.4) is 0 Å². The van der Waals surface area contributed by atoms with E-state index in [2.05, 4.69) is 6.07 Å². The van der Waals surface area contributed by atoms with Gasteiger partial charge in [-0.05, 0) is 29.7 Å². The number of nitrogens with zero attached hydrogens (tertiary/aromatic N) is 1. The molecule has 0 N–H and O–H groups in total. The summed E-state index contributed by atoms with van der Waals surface area (Å²) in [6.07, 6.45) is 2.76. The van der Waals surface area contributed by atoms with E-state index in [-0.39, 0.29) is 0 Å². The monoisotopic (exact) mass is 175 g/mol. The van der Waals surface area contributed by atoms with E-state index in [4.69, 9.17) is 16.9 Å². The zero-order valence-electron chi connectivity index (χ0n) is 6.34. The van der Waals surface area contributed by atoms with Crippen molar-refractivity contribution in [2.75, 3.05) is 0 Å². The Morgan fingerprint density at radius 3 is 3.00 bits per heavy atom. The molecular weight excluding hydrogens is 170 g/mol. The van der Waals surface area contributed by atoms with Crippen LogP contribution >= 0.6 is 11.6 Å². The number of rotatable bonds is 0. The Bertz CT molecular complexity index is 399. The molecule has 1 aliphatic carbocycles. The SMILES string of the molecule is N#CC1=CCc2cc(Cl)ccc21. The second kappa shape index (κ2) is 2.66. The number of allylic oxidation sites excluding steroid dienone is 2. The first kappa shape index (κ1) is 7.39. The second-order valence-electron chi connectivity index (χ2n) is 2.74. The Balaban J connectivity index is 2.56. The van der Waals surface area contributed by atoms with Crippen molar-refractivity contribution in [2.45, 2.75) is 6.42 Å². The maximum Gasteiger partial charge on any atom is 0.0994 e. The van der Waals surface area contributed by atoms with Crippen molar-refractivity contribution in [3.8, 4) is 6.07 Å². The number of hydrogen-bond acceptors (Lipinski definition) is 1. The average molecular weight is 176 g/mol. The zero-order valence-corrected chi connectivity index (χ0v) is 7.10. The molecule has 2 heteroatoms. The van der Waals surface area contributed by atoms with Crippen molar-refractivity contribution in [3.05, 3.63) is 40.4 Å². The van der Waals surface area contributed by atoms with E-state index >= 15 is 0 Å². The highest BCUT2D eigenvalue weighted by atomic mass is 35.5. The lowest BCUT2D eigenvalue weighted by molar-refractivity contribution is 1.31. The van der Waals surface area contributed by atoms with E-state index in [1.54, 1.807) is 0 Å². The highest BCUT2D eigenvalue weighted by Gasteiger charge is 2.12. The highest BCUT2D eigenvalue weighted by Crippen LogP contribution is 2.28. The van der Waals surface area contributed by atoms with Gasteiger partial charge in [-0.1, -0.05) is 23.7 Å². The molecule has 0 fully saturated rings. The van der Waals surface area contributed by atoms with Crippen LogP contribution in [0.1, 0.15) is 11.1 Å². The number of fused-ring (bicyclic) bond motifs is 1. The van der Waals surface area contributed by atoms with Crippen molar-refractivity contribution in [1.29, 1.82) is 5.26 Å². The van der Waals surface area contributed by atoms with Crippen LogP contribution in [0.25, 0.3) is 5.57 Å². The summed E-state index contributed by atoms with van der Waals surface area (Å²) < 4.78 is 0. The van der Waals surface area contributed by atoms with Gasteiger partial charge in [-0.25, -0.2) is 0 Å². The molecule has 1 nitrogen and oxygen atoms in total. The van der Waals surface area contributed by atoms with Gasteiger partial charge in [0, 0.05) is 5.02 Å². The summed E-state index contributed by atoms with van der Waals surface area (Å²) in [4.78, 5) is 0. The van der Waals surface area contributed by atoms with Gasteiger partial charge in [-0.2, -0.15) is 5.26 Å². The fourth-order valence-electron chi connectivity index (χ4n) is 1.42. The van der Waals surface area contributed by atoms with Gasteiger partial charge in [0.25, 0.3) is 0 Å². The molecule has 0 aliphatic heterocycles. The molecule has 0 unspecified atom stereocenters. The van der Waals surface area contributed by atoms with Gasteiger partial charge in [0.15, 0.2) is 0 Å². The van der Waals surface area contributed by atoms with Gasteiger partial charge >= 0.3 is 0 Å². The molecule has 0 spiro atoms. The summed E-state index contributed by atoms with van der Waals surface area (Å²) in [5.41, 5.74) is 2.95. The van der Waals surface area contributed by atoms with Crippen LogP contribution in [0.4, 0.5) is 0 Å². The standard InChI is InChI=1S/C10H6ClN/c11-9-3-4-10-7(5-9)1-2-8(10)6-12/h2-5H,1H2. The lowest BCUT2D eigenvalue weighted by Gasteiger charge is -1.98. The van der Waals surface area contributed by atoms with E-state index in [9.17, 15) is 0 Å². The minimum absolute atomic E-state index is 0.737. The predicted octanol–water partition coefficient (Wildman–Crippen LogP) is 2.80. The maximum absolute atomic E-state index is 8.73. The van der Waals surface area contributed by atoms with E-state index in [1.807, 2.05) is 24.3 Å². The summed E-state index contributed by atoms with van der Waals surface area (Å²) in [6, 6.07) is 7.79. The fraction of sp³-hybridized carbons (Fsp3) is 0.100. The maximum atomic E-state index is 8.73. The topological polar surface area (TPSA) is 23.8 Å². The van der Waals surface area contributed by atoms with Crippen molar-refractivity contribution in [1.82, 2.24) is 0 Å². The quantitative estimate of drug-likeness (QED) is 0.595. The number of benzene rings is 1. The molecule has 0 saturated carbocycles. The van der Waals surface area contributed by atoms with Gasteiger partial charge in [-0.15, -0.1) is 0 Å². The minimum atomic E-state index is 0.737. The summed E-state index contributed by atoms with van der Waals surface area (Å²) in [7, 11) is 0. The van der Waals surface area contributed by atoms with E-state index in [1.165, 1.54) is 0 Å². The molecule has 0 radical (unpaired) electrons. The summed E-state index contributed by atoms with van der Waals surface area (Å²) in [5, 5.41) is 9.47. The van der Waals surface area contributed by atoms with Crippen LogP contribution in [0, 0.1) is 11.3 Å². The van der Waals surface area contributed by atoms with Gasteiger partial charge in [0.2, 0.25) is 0 Å². The van der Waals surface area contributed by atoms with E-state index in [0.717, 1.165) is 28.1 Å². The molecule has 1 aromatic carbocycles.